The number of nitrogens with one attached hydrogen (secondary N) is 3. The third-order valence-electron chi connectivity index (χ3n) is 10.1. The van der Waals surface area contributed by atoms with Gasteiger partial charge in [0, 0.05) is 48.3 Å². The maximum absolute atomic E-state index is 14.1. The summed E-state index contributed by atoms with van der Waals surface area (Å²) in [5.41, 5.74) is 20.2. The van der Waals surface area contributed by atoms with Crippen molar-refractivity contribution in [2.75, 3.05) is 13.1 Å². The molecule has 14 heteroatoms. The van der Waals surface area contributed by atoms with Crippen LogP contribution in [0.2, 0.25) is 0 Å². The number of unbranched alkanes of at least 4 members (excludes halogenated alkanes) is 1. The van der Waals surface area contributed by atoms with Gasteiger partial charge in [-0.2, -0.15) is 0 Å². The van der Waals surface area contributed by atoms with Gasteiger partial charge in [0.1, 0.15) is 11.5 Å². The van der Waals surface area contributed by atoms with E-state index in [1.165, 1.54) is 24.0 Å². The number of Topliss-reactive ketones (excluding diaryl/α,β-unsaturated/α-hetero) is 3. The summed E-state index contributed by atoms with van der Waals surface area (Å²) in [6.45, 7) is 2.95. The zero-order chi connectivity index (χ0) is 41.5. The summed E-state index contributed by atoms with van der Waals surface area (Å²) >= 11 is 0. The van der Waals surface area contributed by atoms with Crippen LogP contribution in [0.3, 0.4) is 0 Å². The van der Waals surface area contributed by atoms with Crippen LogP contribution in [-0.4, -0.2) is 81.4 Å². The number of carbonyl (C=O) groups is 6. The van der Waals surface area contributed by atoms with Gasteiger partial charge in [-0.05, 0) is 81.0 Å². The van der Waals surface area contributed by atoms with Crippen molar-refractivity contribution in [1.29, 1.82) is 0 Å². The highest BCUT2D eigenvalue weighted by Crippen LogP contribution is 2.23. The number of carbonyl (C=O) groups excluding carboxylic acids is 6. The first-order chi connectivity index (χ1) is 27.2. The van der Waals surface area contributed by atoms with Crippen molar-refractivity contribution in [1.82, 2.24) is 20.5 Å². The van der Waals surface area contributed by atoms with E-state index in [0.717, 1.165) is 22.0 Å². The molecule has 57 heavy (non-hydrogen) atoms. The largest absolute Gasteiger partial charge is 0.508 e. The van der Waals surface area contributed by atoms with Gasteiger partial charge < -0.3 is 42.8 Å². The molecule has 0 bridgehead atoms. The molecule has 4 aromatic rings. The van der Waals surface area contributed by atoms with Crippen molar-refractivity contribution in [3.05, 3.63) is 102 Å². The second-order valence-electron chi connectivity index (χ2n) is 14.7. The summed E-state index contributed by atoms with van der Waals surface area (Å²) in [7, 11) is 0. The summed E-state index contributed by atoms with van der Waals surface area (Å²) in [6, 6.07) is 19.1. The maximum atomic E-state index is 14.1. The highest BCUT2D eigenvalue weighted by molar-refractivity contribution is 5.96. The third-order valence-corrected chi connectivity index (χ3v) is 10.1. The number of fused-ring (bicyclic) bond motifs is 1. The standard InChI is InChI=1S/C43H55N7O7/c1-27(45)38(52)23-32(21-33-24-47-36-14-7-6-13-35(33)36)42(56)48-28(2)40(54)26-50(25-30-15-17-34(51)18-16-30)43(57)49-37(20-29-10-4-3-5-11-29)39(53)22-31(41(46)55)12-8-9-19-44/h3-7,10-11,13-18,24,27-28,31-32,37,47,51H,8-9,12,19-23,25-26,44-45H2,1-2H3,(H2,46,55)(H,48,56)(H,49,57)/t27-,28-,31+,32-,37+/m0/s1. The van der Waals surface area contributed by atoms with Gasteiger partial charge in [-0.25, -0.2) is 4.79 Å². The molecule has 0 aliphatic rings. The van der Waals surface area contributed by atoms with Crippen molar-refractivity contribution >= 4 is 46.1 Å². The molecular weight excluding hydrogens is 727 g/mol. The number of ketones is 3. The molecule has 4 amide bonds. The molecule has 3 aromatic carbocycles. The summed E-state index contributed by atoms with van der Waals surface area (Å²) in [5.74, 6) is -3.93. The molecule has 0 unspecified atom stereocenters. The SMILES string of the molecule is C[C@H](N)C(=O)C[C@H](Cc1c[nH]c2ccccc12)C(=O)N[C@@H](C)C(=O)CN(Cc1ccc(O)cc1)C(=O)N[C@H](Cc1ccccc1)C(=O)C[C@@H](CCCCN)C(N)=O. The lowest BCUT2D eigenvalue weighted by Gasteiger charge is -2.28. The fraction of sp³-hybridized carbons (Fsp3) is 0.395. The van der Waals surface area contributed by atoms with Crippen LogP contribution in [0.5, 0.6) is 5.75 Å². The number of H-pyrrole nitrogens is 1. The number of phenols is 1. The third kappa shape index (κ3) is 13.4. The number of benzene rings is 3. The minimum atomic E-state index is -1.07. The van der Waals surface area contributed by atoms with Crippen molar-refractivity contribution < 1.29 is 33.9 Å². The number of hydrogen-bond acceptors (Lipinski definition) is 9. The fourth-order valence-electron chi connectivity index (χ4n) is 6.61. The van der Waals surface area contributed by atoms with E-state index >= 15 is 0 Å². The monoisotopic (exact) mass is 781 g/mol. The topological polar surface area (TPSA) is 244 Å². The predicted molar refractivity (Wildman–Crippen MR) is 218 cm³/mol. The van der Waals surface area contributed by atoms with E-state index in [-0.39, 0.29) is 43.8 Å². The lowest BCUT2D eigenvalue weighted by atomic mass is 9.91. The Balaban J connectivity index is 1.54. The number of primary amides is 1. The number of aromatic nitrogens is 1. The smallest absolute Gasteiger partial charge is 0.318 e. The molecule has 1 heterocycles. The summed E-state index contributed by atoms with van der Waals surface area (Å²) in [4.78, 5) is 85.1. The molecular formula is C43H55N7O7. The van der Waals surface area contributed by atoms with E-state index in [0.29, 0.717) is 31.4 Å². The van der Waals surface area contributed by atoms with Gasteiger partial charge in [0.25, 0.3) is 0 Å². The molecule has 0 saturated heterocycles. The fourth-order valence-corrected chi connectivity index (χ4v) is 6.61. The predicted octanol–water partition coefficient (Wildman–Crippen LogP) is 3.43. The number of para-hydroxylation sites is 1. The number of phenolic OH excluding ortho intramolecular Hbond substituents is 1. The summed E-state index contributed by atoms with van der Waals surface area (Å²) < 4.78 is 0. The van der Waals surface area contributed by atoms with Gasteiger partial charge in [0.15, 0.2) is 11.6 Å². The molecule has 0 fully saturated rings. The Labute approximate surface area is 332 Å². The highest BCUT2D eigenvalue weighted by atomic mass is 16.3. The van der Waals surface area contributed by atoms with Gasteiger partial charge in [0.2, 0.25) is 11.8 Å². The van der Waals surface area contributed by atoms with Crippen LogP contribution < -0.4 is 27.8 Å². The van der Waals surface area contributed by atoms with Gasteiger partial charge >= 0.3 is 6.03 Å². The van der Waals surface area contributed by atoms with E-state index in [1.54, 1.807) is 37.4 Å². The number of aromatic hydroxyl groups is 1. The van der Waals surface area contributed by atoms with Crippen molar-refractivity contribution in [3.8, 4) is 5.75 Å². The van der Waals surface area contributed by atoms with Crippen LogP contribution in [0.1, 0.15) is 62.6 Å². The maximum Gasteiger partial charge on any atom is 0.318 e. The Bertz CT molecular complexity index is 1980. The van der Waals surface area contributed by atoms with Gasteiger partial charge in [-0.1, -0.05) is 67.1 Å². The Hall–Kier alpha value is -5.86. The van der Waals surface area contributed by atoms with E-state index in [2.05, 4.69) is 15.6 Å². The first kappa shape index (κ1) is 43.9. The first-order valence-corrected chi connectivity index (χ1v) is 19.3. The number of nitrogens with zero attached hydrogens (tertiary/aromatic N) is 1. The van der Waals surface area contributed by atoms with Crippen molar-refractivity contribution in [2.45, 2.75) is 83.5 Å². The second-order valence-corrected chi connectivity index (χ2v) is 14.7. The number of nitrogens with two attached hydrogens (primary N) is 3. The number of aromatic amines is 1. The molecule has 14 nitrogen and oxygen atoms in total. The van der Waals surface area contributed by atoms with E-state index in [4.69, 9.17) is 17.2 Å². The number of urea groups is 1. The average Bonchev–Trinajstić information content (AvgIpc) is 3.60. The van der Waals surface area contributed by atoms with Crippen LogP contribution >= 0.6 is 0 Å². The summed E-state index contributed by atoms with van der Waals surface area (Å²) in [6.07, 6.45) is 3.44. The van der Waals surface area contributed by atoms with Gasteiger partial charge in [0.05, 0.1) is 24.7 Å². The van der Waals surface area contributed by atoms with Gasteiger partial charge in [-0.3, -0.25) is 24.0 Å². The Kier molecular flexibility index (Phi) is 16.5. The molecule has 304 valence electrons. The lowest BCUT2D eigenvalue weighted by Crippen LogP contribution is -2.52. The van der Waals surface area contributed by atoms with E-state index in [9.17, 15) is 33.9 Å². The molecule has 0 spiro atoms. The van der Waals surface area contributed by atoms with Crippen LogP contribution in [0, 0.1) is 11.8 Å². The molecule has 0 saturated carbocycles. The van der Waals surface area contributed by atoms with E-state index < -0.39 is 65.9 Å². The van der Waals surface area contributed by atoms with Crippen LogP contribution in [0.4, 0.5) is 4.79 Å². The van der Waals surface area contributed by atoms with Crippen molar-refractivity contribution in [3.63, 3.8) is 0 Å². The molecule has 1 aromatic heterocycles. The van der Waals surface area contributed by atoms with Crippen molar-refractivity contribution in [2.24, 2.45) is 29.0 Å². The molecule has 5 atom stereocenters. The molecule has 4 rings (SSSR count). The van der Waals surface area contributed by atoms with Crippen LogP contribution in [0.25, 0.3) is 10.9 Å². The molecule has 0 aliphatic heterocycles. The molecule has 10 N–H and O–H groups in total. The van der Waals surface area contributed by atoms with Gasteiger partial charge in [-0.15, -0.1) is 0 Å². The van der Waals surface area contributed by atoms with E-state index in [1.807, 2.05) is 42.5 Å². The normalized spacial score (nSPS) is 13.8. The minimum Gasteiger partial charge on any atom is -0.508 e. The quantitative estimate of drug-likeness (QED) is 0.0545. The van der Waals surface area contributed by atoms with Crippen LogP contribution in [-0.2, 0) is 43.4 Å². The molecule has 0 aliphatic carbocycles. The average molecular weight is 782 g/mol. The first-order valence-electron chi connectivity index (χ1n) is 19.3. The lowest BCUT2D eigenvalue weighted by molar-refractivity contribution is -0.132. The number of hydrogen-bond donors (Lipinski definition) is 7. The number of rotatable bonds is 23. The zero-order valence-corrected chi connectivity index (χ0v) is 32.6. The van der Waals surface area contributed by atoms with Crippen LogP contribution in [0.15, 0.2) is 85.1 Å². The zero-order valence-electron chi connectivity index (χ0n) is 32.6. The minimum absolute atomic E-state index is 0.0100. The second kappa shape index (κ2) is 21.4. The Morgan fingerprint density at radius 1 is 0.772 bits per heavy atom. The Morgan fingerprint density at radius 3 is 2.11 bits per heavy atom. The number of amides is 4. The molecule has 0 radical (unpaired) electrons. The summed E-state index contributed by atoms with van der Waals surface area (Å²) in [5, 5.41) is 16.3. The Morgan fingerprint density at radius 2 is 1.44 bits per heavy atom. The highest BCUT2D eigenvalue weighted by Gasteiger charge is 2.31.